The van der Waals surface area contributed by atoms with E-state index in [0.29, 0.717) is 5.56 Å². The highest BCUT2D eigenvalue weighted by molar-refractivity contribution is 6.21. The third kappa shape index (κ3) is 3.10. The molecule has 2 rings (SSSR count). The van der Waals surface area contributed by atoms with E-state index in [1.165, 1.54) is 30.3 Å². The molecule has 0 aliphatic heterocycles. The van der Waals surface area contributed by atoms with Gasteiger partial charge in [-0.25, -0.2) is 13.2 Å². The first-order valence-corrected chi connectivity index (χ1v) is 6.25. The molecule has 0 aromatic heterocycles. The topological polar surface area (TPSA) is 0 Å². The summed E-state index contributed by atoms with van der Waals surface area (Å²) in [4.78, 5) is 0. The second kappa shape index (κ2) is 5.66. The lowest BCUT2D eigenvalue weighted by molar-refractivity contribution is 0.552. The zero-order chi connectivity index (χ0) is 14.0. The third-order valence-corrected chi connectivity index (χ3v) is 3.41. The number of hydrogen-bond acceptors (Lipinski definition) is 0. The van der Waals surface area contributed by atoms with Crippen LogP contribution in [-0.2, 0) is 6.42 Å². The summed E-state index contributed by atoms with van der Waals surface area (Å²) >= 11 is 6.16. The van der Waals surface area contributed by atoms with Crippen molar-refractivity contribution in [1.82, 2.24) is 0 Å². The summed E-state index contributed by atoms with van der Waals surface area (Å²) in [5.74, 6) is -1.69. The van der Waals surface area contributed by atoms with Gasteiger partial charge in [-0.2, -0.15) is 0 Å². The SMILES string of the molecule is Cc1ccc(F)cc1C(Cl)Cc1c(F)cccc1F. The molecule has 0 bridgehead atoms. The quantitative estimate of drug-likeness (QED) is 0.701. The summed E-state index contributed by atoms with van der Waals surface area (Å²) < 4.78 is 40.3. The molecule has 0 saturated carbocycles. The van der Waals surface area contributed by atoms with Gasteiger partial charge >= 0.3 is 0 Å². The minimum atomic E-state index is -0.679. The Morgan fingerprint density at radius 1 is 1.05 bits per heavy atom. The van der Waals surface area contributed by atoms with Gasteiger partial charge in [0, 0.05) is 5.56 Å². The van der Waals surface area contributed by atoms with Crippen molar-refractivity contribution in [2.75, 3.05) is 0 Å². The molecule has 1 atom stereocenters. The van der Waals surface area contributed by atoms with Crippen molar-refractivity contribution in [2.24, 2.45) is 0 Å². The predicted octanol–water partition coefficient (Wildman–Crippen LogP) is 4.93. The molecule has 0 nitrogen and oxygen atoms in total. The summed E-state index contributed by atoms with van der Waals surface area (Å²) in [7, 11) is 0. The maximum atomic E-state index is 13.5. The van der Waals surface area contributed by atoms with Gasteiger partial charge in [-0.05, 0) is 48.7 Å². The van der Waals surface area contributed by atoms with E-state index >= 15 is 0 Å². The molecular weight excluding hydrogens is 273 g/mol. The number of alkyl halides is 1. The fourth-order valence-corrected chi connectivity index (χ4v) is 2.35. The van der Waals surface area contributed by atoms with Crippen LogP contribution >= 0.6 is 11.6 Å². The van der Waals surface area contributed by atoms with E-state index in [2.05, 4.69) is 0 Å². The minimum absolute atomic E-state index is 0.0235. The molecule has 0 aliphatic rings. The standard InChI is InChI=1S/C15H12ClF3/c1-9-5-6-10(17)7-11(9)13(16)8-12-14(18)3-2-4-15(12)19/h2-7,13H,8H2,1H3. The second-order valence-electron chi connectivity index (χ2n) is 4.37. The smallest absolute Gasteiger partial charge is 0.129 e. The Morgan fingerprint density at radius 3 is 2.32 bits per heavy atom. The maximum absolute atomic E-state index is 13.5. The summed E-state index contributed by atoms with van der Waals surface area (Å²) in [5.41, 5.74) is 1.26. The predicted molar refractivity (Wildman–Crippen MR) is 69.8 cm³/mol. The van der Waals surface area contributed by atoms with Crippen LogP contribution in [0.2, 0.25) is 0 Å². The molecule has 0 fully saturated rings. The number of aryl methyl sites for hydroxylation is 1. The van der Waals surface area contributed by atoms with E-state index in [4.69, 9.17) is 11.6 Å². The van der Waals surface area contributed by atoms with Gasteiger partial charge in [0.25, 0.3) is 0 Å². The zero-order valence-electron chi connectivity index (χ0n) is 10.3. The van der Waals surface area contributed by atoms with Crippen molar-refractivity contribution >= 4 is 11.6 Å². The van der Waals surface area contributed by atoms with Crippen molar-refractivity contribution < 1.29 is 13.2 Å². The Bertz CT molecular complexity index is 576. The minimum Gasteiger partial charge on any atom is -0.207 e. The molecule has 19 heavy (non-hydrogen) atoms. The highest BCUT2D eigenvalue weighted by atomic mass is 35.5. The lowest BCUT2D eigenvalue weighted by atomic mass is 9.99. The number of rotatable bonds is 3. The molecule has 0 saturated heterocycles. The third-order valence-electron chi connectivity index (χ3n) is 3.02. The fraction of sp³-hybridized carbons (Fsp3) is 0.200. The Balaban J connectivity index is 2.31. The Kier molecular flexibility index (Phi) is 4.15. The van der Waals surface area contributed by atoms with Crippen molar-refractivity contribution in [3.8, 4) is 0 Å². The molecule has 100 valence electrons. The van der Waals surface area contributed by atoms with Crippen LogP contribution in [0.25, 0.3) is 0 Å². The molecule has 1 unspecified atom stereocenters. The van der Waals surface area contributed by atoms with Gasteiger partial charge in [-0.15, -0.1) is 11.6 Å². The van der Waals surface area contributed by atoms with E-state index in [-0.39, 0.29) is 12.0 Å². The van der Waals surface area contributed by atoms with Crippen LogP contribution in [0.4, 0.5) is 13.2 Å². The van der Waals surface area contributed by atoms with Crippen LogP contribution < -0.4 is 0 Å². The number of hydrogen-bond donors (Lipinski definition) is 0. The van der Waals surface area contributed by atoms with Crippen LogP contribution in [0, 0.1) is 24.4 Å². The van der Waals surface area contributed by atoms with Gasteiger partial charge in [0.05, 0.1) is 5.38 Å². The molecule has 0 N–H and O–H groups in total. The van der Waals surface area contributed by atoms with Crippen molar-refractivity contribution in [2.45, 2.75) is 18.7 Å². The molecule has 4 heteroatoms. The van der Waals surface area contributed by atoms with Gasteiger partial charge < -0.3 is 0 Å². The largest absolute Gasteiger partial charge is 0.207 e. The summed E-state index contributed by atoms with van der Waals surface area (Å²) in [5, 5.41) is -0.679. The van der Waals surface area contributed by atoms with Gasteiger partial charge in [-0.3, -0.25) is 0 Å². The number of halogens is 4. The van der Waals surface area contributed by atoms with E-state index in [1.54, 1.807) is 13.0 Å². The average Bonchev–Trinajstić information content (AvgIpc) is 2.37. The van der Waals surface area contributed by atoms with Gasteiger partial charge in [0.2, 0.25) is 0 Å². The first-order valence-electron chi connectivity index (χ1n) is 5.82. The van der Waals surface area contributed by atoms with Crippen LogP contribution in [0.15, 0.2) is 36.4 Å². The molecule has 0 spiro atoms. The van der Waals surface area contributed by atoms with Crippen molar-refractivity contribution in [3.05, 3.63) is 70.5 Å². The summed E-state index contributed by atoms with van der Waals surface area (Å²) in [6.45, 7) is 1.78. The molecule has 2 aromatic rings. The van der Waals surface area contributed by atoms with E-state index in [9.17, 15) is 13.2 Å². The maximum Gasteiger partial charge on any atom is 0.129 e. The number of benzene rings is 2. The monoisotopic (exact) mass is 284 g/mol. The molecule has 0 amide bonds. The lowest BCUT2D eigenvalue weighted by Gasteiger charge is -2.14. The summed E-state index contributed by atoms with van der Waals surface area (Å²) in [6, 6.07) is 7.88. The molecule has 0 heterocycles. The fourth-order valence-electron chi connectivity index (χ4n) is 1.97. The molecular formula is C15H12ClF3. The highest BCUT2D eigenvalue weighted by Gasteiger charge is 2.17. The Labute approximate surface area is 114 Å². The van der Waals surface area contributed by atoms with Gasteiger partial charge in [0.15, 0.2) is 0 Å². The normalized spacial score (nSPS) is 12.5. The Hall–Kier alpha value is -1.48. The first-order chi connectivity index (χ1) is 8.99. The Morgan fingerprint density at radius 2 is 1.68 bits per heavy atom. The highest BCUT2D eigenvalue weighted by Crippen LogP contribution is 2.30. The van der Waals surface area contributed by atoms with E-state index in [1.807, 2.05) is 0 Å². The molecule has 2 aromatic carbocycles. The lowest BCUT2D eigenvalue weighted by Crippen LogP contribution is -2.03. The van der Waals surface area contributed by atoms with Crippen molar-refractivity contribution in [3.63, 3.8) is 0 Å². The van der Waals surface area contributed by atoms with E-state index in [0.717, 1.165) is 5.56 Å². The zero-order valence-corrected chi connectivity index (χ0v) is 11.0. The van der Waals surface area contributed by atoms with Crippen molar-refractivity contribution in [1.29, 1.82) is 0 Å². The molecule has 0 aliphatic carbocycles. The van der Waals surface area contributed by atoms with Gasteiger partial charge in [-0.1, -0.05) is 12.1 Å². The van der Waals surface area contributed by atoms with E-state index < -0.39 is 22.8 Å². The average molecular weight is 285 g/mol. The van der Waals surface area contributed by atoms with Crippen LogP contribution in [0.3, 0.4) is 0 Å². The van der Waals surface area contributed by atoms with Crippen LogP contribution in [0.5, 0.6) is 0 Å². The van der Waals surface area contributed by atoms with Crippen LogP contribution in [0.1, 0.15) is 22.1 Å². The second-order valence-corrected chi connectivity index (χ2v) is 4.90. The van der Waals surface area contributed by atoms with Gasteiger partial charge in [0.1, 0.15) is 17.5 Å². The van der Waals surface area contributed by atoms with Crippen LogP contribution in [-0.4, -0.2) is 0 Å². The first kappa shape index (κ1) is 13.9. The summed E-state index contributed by atoms with van der Waals surface area (Å²) in [6.07, 6.45) is -0.0235. The molecule has 0 radical (unpaired) electrons.